The van der Waals surface area contributed by atoms with Gasteiger partial charge < -0.3 is 4.74 Å². The van der Waals surface area contributed by atoms with Crippen molar-refractivity contribution in [3.63, 3.8) is 0 Å². The number of hydrogen-bond acceptors (Lipinski definition) is 4. The van der Waals surface area contributed by atoms with Crippen molar-refractivity contribution in [3.05, 3.63) is 29.3 Å². The first-order valence-electron chi connectivity index (χ1n) is 4.04. The summed E-state index contributed by atoms with van der Waals surface area (Å²) in [6, 6.07) is 0. The van der Waals surface area contributed by atoms with E-state index >= 15 is 0 Å². The van der Waals surface area contributed by atoms with Crippen molar-refractivity contribution in [1.29, 1.82) is 0 Å². The third-order valence-electron chi connectivity index (χ3n) is 1.34. The van der Waals surface area contributed by atoms with Crippen molar-refractivity contribution in [3.8, 4) is 0 Å². The van der Waals surface area contributed by atoms with Crippen LogP contribution in [0.15, 0.2) is 18.5 Å². The Balaban J connectivity index is 2.60. The summed E-state index contributed by atoms with van der Waals surface area (Å²) in [4.78, 5) is 18.4. The summed E-state index contributed by atoms with van der Waals surface area (Å²) in [6.07, 6.45) is 5.92. The third kappa shape index (κ3) is 3.53. The summed E-state index contributed by atoms with van der Waals surface area (Å²) in [5, 5.41) is 0.179. The molecule has 0 N–H and O–H groups in total. The largest absolute Gasteiger partial charge is 0.463 e. The van der Waals surface area contributed by atoms with E-state index in [1.54, 1.807) is 13.0 Å². The third-order valence-corrected chi connectivity index (χ3v) is 1.53. The van der Waals surface area contributed by atoms with Crippen LogP contribution in [0.4, 0.5) is 0 Å². The van der Waals surface area contributed by atoms with Gasteiger partial charge in [-0.2, -0.15) is 0 Å². The van der Waals surface area contributed by atoms with Crippen molar-refractivity contribution in [2.45, 2.75) is 6.92 Å². The molecule has 0 bridgehead atoms. The monoisotopic (exact) mass is 212 g/mol. The minimum absolute atomic E-state index is 0.179. The first kappa shape index (κ1) is 10.7. The lowest BCUT2D eigenvalue weighted by Gasteiger charge is -1.94. The zero-order valence-corrected chi connectivity index (χ0v) is 8.36. The number of ether oxygens (including phenoxy) is 1. The summed E-state index contributed by atoms with van der Waals surface area (Å²) in [5.74, 6) is -0.387. The molecule has 0 aliphatic rings. The Morgan fingerprint density at radius 2 is 2.21 bits per heavy atom. The van der Waals surface area contributed by atoms with Gasteiger partial charge in [0.25, 0.3) is 0 Å². The molecule has 0 radical (unpaired) electrons. The minimum Gasteiger partial charge on any atom is -0.463 e. The molecule has 1 aromatic rings. The summed E-state index contributed by atoms with van der Waals surface area (Å²) in [6.45, 7) is 2.11. The molecule has 5 heteroatoms. The van der Waals surface area contributed by atoms with Crippen LogP contribution in [0, 0.1) is 0 Å². The summed E-state index contributed by atoms with van der Waals surface area (Å²) in [7, 11) is 0. The summed E-state index contributed by atoms with van der Waals surface area (Å²) >= 11 is 5.49. The van der Waals surface area contributed by atoms with Crippen molar-refractivity contribution in [1.82, 2.24) is 9.97 Å². The molecule has 1 aromatic heterocycles. The van der Waals surface area contributed by atoms with E-state index in [1.165, 1.54) is 18.5 Å². The highest BCUT2D eigenvalue weighted by molar-refractivity contribution is 6.28. The maximum atomic E-state index is 10.9. The number of nitrogens with zero attached hydrogens (tertiary/aromatic N) is 2. The number of hydrogen-bond donors (Lipinski definition) is 0. The second-order valence-corrected chi connectivity index (χ2v) is 2.71. The Labute approximate surface area is 86.6 Å². The molecule has 1 heterocycles. The van der Waals surface area contributed by atoms with Crippen molar-refractivity contribution in [2.24, 2.45) is 0 Å². The van der Waals surface area contributed by atoms with E-state index in [1.807, 2.05) is 0 Å². The molecule has 0 fully saturated rings. The van der Waals surface area contributed by atoms with Gasteiger partial charge in [0.15, 0.2) is 0 Å². The molecule has 0 saturated heterocycles. The maximum absolute atomic E-state index is 10.9. The average Bonchev–Trinajstić information content (AvgIpc) is 2.17. The molecule has 0 amide bonds. The molecule has 0 aliphatic heterocycles. The van der Waals surface area contributed by atoms with E-state index in [2.05, 4.69) is 9.97 Å². The Morgan fingerprint density at radius 1 is 1.57 bits per heavy atom. The van der Waals surface area contributed by atoms with Crippen LogP contribution in [0.25, 0.3) is 6.08 Å². The van der Waals surface area contributed by atoms with E-state index in [9.17, 15) is 4.79 Å². The fourth-order valence-electron chi connectivity index (χ4n) is 0.763. The van der Waals surface area contributed by atoms with Crippen LogP contribution < -0.4 is 0 Å². The Kier molecular flexibility index (Phi) is 4.07. The number of carbonyl (C=O) groups is 1. The lowest BCUT2D eigenvalue weighted by Crippen LogP contribution is -1.98. The van der Waals surface area contributed by atoms with Gasteiger partial charge in [-0.1, -0.05) is 0 Å². The normalized spacial score (nSPS) is 10.4. The van der Waals surface area contributed by atoms with Crippen LogP contribution in [0.5, 0.6) is 0 Å². The van der Waals surface area contributed by atoms with Gasteiger partial charge in [-0.05, 0) is 24.6 Å². The molecule has 0 unspecified atom stereocenters. The molecular formula is C9H9ClN2O2. The highest BCUT2D eigenvalue weighted by Crippen LogP contribution is 2.02. The van der Waals surface area contributed by atoms with E-state index < -0.39 is 0 Å². The predicted octanol–water partition coefficient (Wildman–Crippen LogP) is 1.71. The predicted molar refractivity (Wildman–Crippen MR) is 52.7 cm³/mol. The lowest BCUT2D eigenvalue weighted by molar-refractivity contribution is -0.137. The first-order chi connectivity index (χ1) is 6.72. The SMILES string of the molecule is CCOC(=O)C=Cc1cnc(Cl)nc1. The van der Waals surface area contributed by atoms with Gasteiger partial charge in [0, 0.05) is 24.0 Å². The Morgan fingerprint density at radius 3 is 2.79 bits per heavy atom. The quantitative estimate of drug-likeness (QED) is 0.435. The maximum Gasteiger partial charge on any atom is 0.330 e. The number of aromatic nitrogens is 2. The van der Waals surface area contributed by atoms with Crippen molar-refractivity contribution >= 4 is 23.6 Å². The number of esters is 1. The highest BCUT2D eigenvalue weighted by Gasteiger charge is 1.94. The zero-order valence-electron chi connectivity index (χ0n) is 7.61. The van der Waals surface area contributed by atoms with Gasteiger partial charge in [-0.25, -0.2) is 14.8 Å². The van der Waals surface area contributed by atoms with E-state index in [4.69, 9.17) is 16.3 Å². The van der Waals surface area contributed by atoms with E-state index in [0.717, 1.165) is 0 Å². The number of halogens is 1. The standard InChI is InChI=1S/C9H9ClN2O2/c1-2-14-8(13)4-3-7-5-11-9(10)12-6-7/h3-6H,2H2,1H3. The van der Waals surface area contributed by atoms with Gasteiger partial charge in [0.1, 0.15) is 0 Å². The second-order valence-electron chi connectivity index (χ2n) is 2.37. The van der Waals surface area contributed by atoms with Crippen molar-refractivity contribution < 1.29 is 9.53 Å². The van der Waals surface area contributed by atoms with Crippen LogP contribution in [0.1, 0.15) is 12.5 Å². The molecule has 0 aromatic carbocycles. The molecule has 0 spiro atoms. The van der Waals surface area contributed by atoms with Crippen LogP contribution in [-0.2, 0) is 9.53 Å². The van der Waals surface area contributed by atoms with Gasteiger partial charge in [-0.15, -0.1) is 0 Å². The van der Waals surface area contributed by atoms with Crippen LogP contribution in [0.3, 0.4) is 0 Å². The second kappa shape index (κ2) is 5.34. The number of rotatable bonds is 3. The van der Waals surface area contributed by atoms with Gasteiger partial charge in [0.2, 0.25) is 5.28 Å². The Hall–Kier alpha value is -1.42. The Bertz CT molecular complexity index is 335. The smallest absolute Gasteiger partial charge is 0.330 e. The van der Waals surface area contributed by atoms with E-state index in [0.29, 0.717) is 12.2 Å². The molecular weight excluding hydrogens is 204 g/mol. The zero-order chi connectivity index (χ0) is 10.4. The highest BCUT2D eigenvalue weighted by atomic mass is 35.5. The fraction of sp³-hybridized carbons (Fsp3) is 0.222. The van der Waals surface area contributed by atoms with Crippen LogP contribution in [-0.4, -0.2) is 22.5 Å². The first-order valence-corrected chi connectivity index (χ1v) is 4.42. The lowest BCUT2D eigenvalue weighted by atomic mass is 10.3. The minimum atomic E-state index is -0.387. The van der Waals surface area contributed by atoms with Gasteiger partial charge in [-0.3, -0.25) is 0 Å². The molecule has 4 nitrogen and oxygen atoms in total. The van der Waals surface area contributed by atoms with E-state index in [-0.39, 0.29) is 11.3 Å². The van der Waals surface area contributed by atoms with Gasteiger partial charge in [0.05, 0.1) is 6.61 Å². The topological polar surface area (TPSA) is 52.1 Å². The van der Waals surface area contributed by atoms with Gasteiger partial charge >= 0.3 is 5.97 Å². The van der Waals surface area contributed by atoms with Crippen LogP contribution in [0.2, 0.25) is 5.28 Å². The summed E-state index contributed by atoms with van der Waals surface area (Å²) < 4.78 is 4.69. The van der Waals surface area contributed by atoms with Crippen LogP contribution >= 0.6 is 11.6 Å². The molecule has 1 rings (SSSR count). The average molecular weight is 213 g/mol. The molecule has 0 saturated carbocycles. The molecule has 14 heavy (non-hydrogen) atoms. The molecule has 0 aliphatic carbocycles. The molecule has 74 valence electrons. The van der Waals surface area contributed by atoms with Crippen molar-refractivity contribution in [2.75, 3.05) is 6.61 Å². The number of carbonyl (C=O) groups excluding carboxylic acids is 1. The summed E-state index contributed by atoms with van der Waals surface area (Å²) in [5.41, 5.74) is 0.697. The molecule has 0 atom stereocenters. The fourth-order valence-corrected chi connectivity index (χ4v) is 0.861.